The lowest BCUT2D eigenvalue weighted by Gasteiger charge is -2.20. The summed E-state index contributed by atoms with van der Waals surface area (Å²) in [6.45, 7) is 0. The van der Waals surface area contributed by atoms with E-state index in [0.717, 1.165) is 57.2 Å². The van der Waals surface area contributed by atoms with Crippen LogP contribution in [0.5, 0.6) is 0 Å². The first-order valence-electron chi connectivity index (χ1n) is 15.0. The number of hydrogen-bond donors (Lipinski definition) is 0. The molecule has 2 heterocycles. The highest BCUT2D eigenvalue weighted by atomic mass is 16.5. The fourth-order valence-electron chi connectivity index (χ4n) is 5.77. The topological polar surface area (TPSA) is 27.8 Å². The number of benzene rings is 4. The second-order valence-electron chi connectivity index (χ2n) is 11.3. The van der Waals surface area contributed by atoms with E-state index in [0.29, 0.717) is 0 Å². The minimum Gasteiger partial charge on any atom is -0.456 e. The van der Waals surface area contributed by atoms with Crippen molar-refractivity contribution in [3.63, 3.8) is 0 Å². The van der Waals surface area contributed by atoms with Gasteiger partial charge in [0.2, 0.25) is 11.8 Å². The molecule has 44 heavy (non-hydrogen) atoms. The molecule has 0 saturated carbocycles. The van der Waals surface area contributed by atoms with Gasteiger partial charge in [-0.25, -0.2) is 0 Å². The quantitative estimate of drug-likeness (QED) is 0.224. The molecular weight excluding hydrogens is 538 g/mol. The lowest BCUT2D eigenvalue weighted by atomic mass is 9.96. The van der Waals surface area contributed by atoms with Crippen molar-refractivity contribution in [3.8, 4) is 0 Å². The zero-order valence-electron chi connectivity index (χ0n) is 25.0. The smallest absolute Gasteiger partial charge is 0.232 e. The van der Waals surface area contributed by atoms with Crippen LogP contribution < -0.4 is 4.90 Å². The molecule has 0 amide bonds. The van der Waals surface area contributed by atoms with Crippen LogP contribution in [-0.4, -0.2) is 30.2 Å². The van der Waals surface area contributed by atoms with Crippen LogP contribution in [0.25, 0.3) is 11.5 Å². The third-order valence-corrected chi connectivity index (χ3v) is 8.19. The molecule has 4 aromatic carbocycles. The van der Waals surface area contributed by atoms with Gasteiger partial charge < -0.3 is 9.64 Å². The maximum Gasteiger partial charge on any atom is 0.232 e. The Morgan fingerprint density at radius 2 is 1.16 bits per heavy atom. The van der Waals surface area contributed by atoms with Crippen molar-refractivity contribution >= 4 is 28.6 Å². The monoisotopic (exact) mass is 572 g/mol. The van der Waals surface area contributed by atoms with Gasteiger partial charge in [-0.15, -0.1) is 0 Å². The van der Waals surface area contributed by atoms with Crippen LogP contribution in [0.15, 0.2) is 168 Å². The van der Waals surface area contributed by atoms with Gasteiger partial charge in [0.25, 0.3) is 0 Å². The predicted octanol–water partition coefficient (Wildman–Crippen LogP) is 8.59. The molecule has 0 saturated heterocycles. The highest BCUT2D eigenvalue weighted by Gasteiger charge is 2.36. The van der Waals surface area contributed by atoms with Crippen molar-refractivity contribution in [3.05, 3.63) is 185 Å². The fourth-order valence-corrected chi connectivity index (χ4v) is 5.77. The second kappa shape index (κ2) is 12.0. The van der Waals surface area contributed by atoms with Gasteiger partial charge in [0.15, 0.2) is 0 Å². The van der Waals surface area contributed by atoms with Gasteiger partial charge >= 0.3 is 0 Å². The summed E-state index contributed by atoms with van der Waals surface area (Å²) in [5.41, 5.74) is 10.1. The summed E-state index contributed by atoms with van der Waals surface area (Å²) in [7, 11) is 4.13. The highest BCUT2D eigenvalue weighted by Crippen LogP contribution is 2.35. The molecule has 214 valence electrons. The van der Waals surface area contributed by atoms with Gasteiger partial charge in [-0.1, -0.05) is 108 Å². The maximum absolute atomic E-state index is 6.43. The van der Waals surface area contributed by atoms with Crippen molar-refractivity contribution in [2.75, 3.05) is 19.0 Å². The van der Waals surface area contributed by atoms with E-state index in [9.17, 15) is 0 Å². The number of ether oxygens (including phenoxy) is 1. The fraction of sp³-hybridized carbons (Fsp3) is 0.100. The van der Waals surface area contributed by atoms with Crippen LogP contribution in [0.3, 0.4) is 0 Å². The summed E-state index contributed by atoms with van der Waals surface area (Å²) in [4.78, 5) is 2.12. The number of rotatable bonds is 5. The van der Waals surface area contributed by atoms with E-state index in [2.05, 4.69) is 139 Å². The Morgan fingerprint density at radius 1 is 0.614 bits per heavy atom. The van der Waals surface area contributed by atoms with Crippen LogP contribution in [0.4, 0.5) is 5.69 Å². The molecular formula is C40H34N3O+. The van der Waals surface area contributed by atoms with Gasteiger partial charge in [-0.3, -0.25) is 0 Å². The Balaban J connectivity index is 1.28. The summed E-state index contributed by atoms with van der Waals surface area (Å²) in [6.07, 6.45) is 13.8. The molecule has 1 unspecified atom stereocenters. The maximum atomic E-state index is 6.43. The summed E-state index contributed by atoms with van der Waals surface area (Å²) in [5.74, 6) is 1.67. The summed E-state index contributed by atoms with van der Waals surface area (Å²) >= 11 is 0. The Hall–Kier alpha value is -5.48. The van der Waals surface area contributed by atoms with E-state index in [-0.39, 0.29) is 6.04 Å². The standard InChI is InChI=1S/C40H34N3O/c1-42(2)35-22-20-30(21-23-35)37-28-38(31-12-6-3-7-13-31)43(41-37)36-24-18-29(19-25-36)34-26-39(32-14-8-4-9-15-32)44-40(27-34)33-16-10-5-11-17-33/h3-27,38H,28H2,1-2H3/q+1. The van der Waals surface area contributed by atoms with E-state index in [1.54, 1.807) is 0 Å². The molecule has 4 nitrogen and oxygen atoms in total. The van der Waals surface area contributed by atoms with Gasteiger partial charge in [-0.05, 0) is 52.7 Å². The molecule has 0 spiro atoms. The Bertz CT molecular complexity index is 1810. The minimum absolute atomic E-state index is 0.121. The van der Waals surface area contributed by atoms with E-state index < -0.39 is 0 Å². The Kier molecular flexibility index (Phi) is 7.47. The first-order chi connectivity index (χ1) is 21.6. The van der Waals surface area contributed by atoms with E-state index in [4.69, 9.17) is 9.84 Å². The Labute approximate surface area is 259 Å². The molecule has 4 aromatic rings. The van der Waals surface area contributed by atoms with Crippen molar-refractivity contribution in [2.24, 2.45) is 5.10 Å². The zero-order chi connectivity index (χ0) is 29.9. The molecule has 4 heteroatoms. The molecule has 0 aromatic heterocycles. The summed E-state index contributed by atoms with van der Waals surface area (Å²) in [5, 5.41) is 5.19. The van der Waals surface area contributed by atoms with E-state index in [1.807, 2.05) is 36.4 Å². The Morgan fingerprint density at radius 3 is 1.70 bits per heavy atom. The third kappa shape index (κ3) is 5.62. The summed E-state index contributed by atoms with van der Waals surface area (Å²) in [6, 6.07) is 40.0. The molecule has 7 rings (SSSR count). The number of anilines is 1. The lowest BCUT2D eigenvalue weighted by molar-refractivity contribution is -0.566. The molecule has 2 aliphatic heterocycles. The molecule has 0 N–H and O–H groups in total. The van der Waals surface area contributed by atoms with Crippen LogP contribution in [0.1, 0.15) is 34.7 Å². The number of hydrazone groups is 1. The molecule has 1 aliphatic carbocycles. The lowest BCUT2D eigenvalue weighted by Crippen LogP contribution is -2.17. The van der Waals surface area contributed by atoms with Crippen molar-refractivity contribution in [1.29, 1.82) is 0 Å². The molecule has 0 fully saturated rings. The molecule has 1 atom stereocenters. The van der Waals surface area contributed by atoms with Crippen molar-refractivity contribution < 1.29 is 9.42 Å². The SMILES string of the molecule is CN(C)c1ccc(C2=N[N+](=C3C=CC(=C4C=C(c5ccccc5)OC(c5ccccc5)=C4)C=C3)C(c3ccccc3)C2)cc1. The second-order valence-corrected chi connectivity index (χ2v) is 11.3. The van der Waals surface area contributed by atoms with Crippen LogP contribution in [0.2, 0.25) is 0 Å². The van der Waals surface area contributed by atoms with Gasteiger partial charge in [0, 0.05) is 54.2 Å². The van der Waals surface area contributed by atoms with Crippen LogP contribution >= 0.6 is 0 Å². The predicted molar refractivity (Wildman–Crippen MR) is 182 cm³/mol. The minimum atomic E-state index is 0.121. The largest absolute Gasteiger partial charge is 0.456 e. The average Bonchev–Trinajstić information content (AvgIpc) is 3.55. The van der Waals surface area contributed by atoms with Crippen LogP contribution in [-0.2, 0) is 4.74 Å². The average molecular weight is 573 g/mol. The van der Waals surface area contributed by atoms with E-state index >= 15 is 0 Å². The zero-order valence-corrected chi connectivity index (χ0v) is 25.0. The first kappa shape index (κ1) is 27.4. The van der Waals surface area contributed by atoms with Gasteiger partial charge in [0.05, 0.1) is 6.42 Å². The number of nitrogens with zero attached hydrogens (tertiary/aromatic N) is 3. The van der Waals surface area contributed by atoms with E-state index in [1.165, 1.54) is 11.3 Å². The summed E-state index contributed by atoms with van der Waals surface area (Å²) < 4.78 is 8.61. The highest BCUT2D eigenvalue weighted by molar-refractivity contribution is 6.05. The van der Waals surface area contributed by atoms with Crippen molar-refractivity contribution in [1.82, 2.24) is 0 Å². The van der Waals surface area contributed by atoms with Gasteiger partial charge in [0.1, 0.15) is 17.2 Å². The van der Waals surface area contributed by atoms with Crippen molar-refractivity contribution in [2.45, 2.75) is 12.5 Å². The first-order valence-corrected chi connectivity index (χ1v) is 15.0. The molecule has 0 radical (unpaired) electrons. The molecule has 0 bridgehead atoms. The molecule has 3 aliphatic rings. The third-order valence-electron chi connectivity index (χ3n) is 8.19. The van der Waals surface area contributed by atoms with Crippen LogP contribution in [0, 0.1) is 0 Å². The number of hydrogen-bond acceptors (Lipinski definition) is 3. The number of allylic oxidation sites excluding steroid dienone is 8. The normalized spacial score (nSPS) is 17.7. The van der Waals surface area contributed by atoms with Gasteiger partial charge in [-0.2, -0.15) is 0 Å².